The van der Waals surface area contributed by atoms with E-state index in [1.165, 1.54) is 0 Å². The lowest BCUT2D eigenvalue weighted by atomic mass is 10.2. The lowest BCUT2D eigenvalue weighted by Crippen LogP contribution is -2.24. The highest BCUT2D eigenvalue weighted by Crippen LogP contribution is 2.15. The van der Waals surface area contributed by atoms with Gasteiger partial charge in [-0.05, 0) is 32.0 Å². The number of rotatable bonds is 4. The van der Waals surface area contributed by atoms with Crippen LogP contribution in [0.15, 0.2) is 40.2 Å². The average Bonchev–Trinajstić information content (AvgIpc) is 2.53. The molecule has 3 heterocycles. The minimum atomic E-state index is -0.159. The van der Waals surface area contributed by atoms with Gasteiger partial charge in [-0.15, -0.1) is 0 Å². The molecule has 23 heavy (non-hydrogen) atoms. The summed E-state index contributed by atoms with van der Waals surface area (Å²) in [6.07, 6.45) is 3.45. The van der Waals surface area contributed by atoms with Crippen molar-refractivity contribution in [3.8, 4) is 0 Å². The molecule has 6 nitrogen and oxygen atoms in total. The largest absolute Gasteiger partial charge is 0.383 e. The van der Waals surface area contributed by atoms with E-state index in [-0.39, 0.29) is 17.2 Å². The Morgan fingerprint density at radius 2 is 1.74 bits per heavy atom. The Morgan fingerprint density at radius 1 is 1.09 bits per heavy atom. The highest BCUT2D eigenvalue weighted by Gasteiger charge is 2.10. The summed E-state index contributed by atoms with van der Waals surface area (Å²) in [7, 11) is 1.59. The molecule has 0 N–H and O–H groups in total. The summed E-state index contributed by atoms with van der Waals surface area (Å²) >= 11 is 0. The second-order valence-electron chi connectivity index (χ2n) is 5.78. The molecule has 3 rings (SSSR count). The van der Waals surface area contributed by atoms with Gasteiger partial charge in [0, 0.05) is 32.1 Å². The normalized spacial score (nSPS) is 11.7. The van der Waals surface area contributed by atoms with Crippen LogP contribution in [0.5, 0.6) is 0 Å². The molecule has 0 fully saturated rings. The first-order chi connectivity index (χ1) is 11.0. The highest BCUT2D eigenvalue weighted by molar-refractivity contribution is 5.91. The van der Waals surface area contributed by atoms with Gasteiger partial charge in [0.2, 0.25) is 0 Å². The molecule has 0 atom stereocenters. The zero-order valence-corrected chi connectivity index (χ0v) is 13.4. The summed E-state index contributed by atoms with van der Waals surface area (Å²) in [5.74, 6) is 0. The Hall–Kier alpha value is -2.47. The van der Waals surface area contributed by atoms with E-state index in [0.717, 1.165) is 0 Å². The second-order valence-corrected chi connectivity index (χ2v) is 5.78. The van der Waals surface area contributed by atoms with Gasteiger partial charge >= 0.3 is 0 Å². The quantitative estimate of drug-likeness (QED) is 0.690. The smallest absolute Gasteiger partial charge is 0.260 e. The van der Waals surface area contributed by atoms with Gasteiger partial charge in [-0.25, -0.2) is 4.98 Å². The summed E-state index contributed by atoms with van der Waals surface area (Å²) in [6, 6.07) is 5.31. The van der Waals surface area contributed by atoms with Crippen molar-refractivity contribution in [1.29, 1.82) is 0 Å². The summed E-state index contributed by atoms with van der Waals surface area (Å²) in [5, 5.41) is 0.921. The molecule has 0 aromatic carbocycles. The van der Waals surface area contributed by atoms with Gasteiger partial charge in [-0.1, -0.05) is 0 Å². The first-order valence-corrected chi connectivity index (χ1v) is 7.57. The van der Waals surface area contributed by atoms with Crippen molar-refractivity contribution in [3.05, 3.63) is 51.3 Å². The zero-order chi connectivity index (χ0) is 16.6. The molecule has 120 valence electrons. The van der Waals surface area contributed by atoms with Crippen LogP contribution >= 0.6 is 0 Å². The molecule has 0 aliphatic carbocycles. The van der Waals surface area contributed by atoms with Crippen molar-refractivity contribution >= 4 is 21.8 Å². The fraction of sp³-hybridized carbons (Fsp3) is 0.353. The summed E-state index contributed by atoms with van der Waals surface area (Å²) in [6.45, 7) is 4.81. The van der Waals surface area contributed by atoms with Crippen LogP contribution in [-0.4, -0.2) is 27.8 Å². The number of fused-ring (bicyclic) bond motifs is 2. The van der Waals surface area contributed by atoms with E-state index in [9.17, 15) is 9.59 Å². The Bertz CT molecular complexity index is 986. The molecular weight excluding hydrogens is 294 g/mol. The fourth-order valence-electron chi connectivity index (χ4n) is 2.65. The van der Waals surface area contributed by atoms with Crippen LogP contribution in [0.3, 0.4) is 0 Å². The van der Waals surface area contributed by atoms with E-state index in [1.807, 2.05) is 19.9 Å². The molecule has 0 saturated carbocycles. The number of nitrogens with zero attached hydrogens (tertiary/aromatic N) is 3. The Labute approximate surface area is 132 Å². The Morgan fingerprint density at radius 3 is 2.39 bits per heavy atom. The minimum Gasteiger partial charge on any atom is -0.383 e. The van der Waals surface area contributed by atoms with Gasteiger partial charge < -0.3 is 13.9 Å². The summed E-state index contributed by atoms with van der Waals surface area (Å²) in [5.41, 5.74) is 0.915. The van der Waals surface area contributed by atoms with Crippen LogP contribution in [0.2, 0.25) is 0 Å². The molecular formula is C17H19N3O3. The van der Waals surface area contributed by atoms with Crippen molar-refractivity contribution in [1.82, 2.24) is 14.1 Å². The molecule has 0 saturated heterocycles. The van der Waals surface area contributed by atoms with Crippen molar-refractivity contribution in [2.45, 2.75) is 26.4 Å². The molecule has 3 aromatic heterocycles. The van der Waals surface area contributed by atoms with Crippen LogP contribution in [0.4, 0.5) is 0 Å². The number of pyridine rings is 3. The highest BCUT2D eigenvalue weighted by atomic mass is 16.5. The number of aromatic nitrogens is 3. The first-order valence-electron chi connectivity index (χ1n) is 7.57. The number of hydrogen-bond acceptors (Lipinski definition) is 4. The second kappa shape index (κ2) is 5.96. The average molecular weight is 313 g/mol. The predicted octanol–water partition coefficient (Wildman–Crippen LogP) is 1.94. The third-order valence-electron chi connectivity index (χ3n) is 3.94. The third-order valence-corrected chi connectivity index (χ3v) is 3.94. The molecule has 6 heteroatoms. The molecule has 0 spiro atoms. The van der Waals surface area contributed by atoms with E-state index in [1.54, 1.807) is 40.8 Å². The van der Waals surface area contributed by atoms with E-state index >= 15 is 0 Å². The summed E-state index contributed by atoms with van der Waals surface area (Å²) < 4.78 is 8.23. The maximum Gasteiger partial charge on any atom is 0.260 e. The van der Waals surface area contributed by atoms with E-state index in [2.05, 4.69) is 4.98 Å². The maximum atomic E-state index is 12.6. The van der Waals surface area contributed by atoms with E-state index in [4.69, 9.17) is 4.74 Å². The standard InChI is InChI=1S/C17H19N3O3/c1-11(2)20-7-5-15-13(17(20)22)10-12-14(18-15)4-6-19(16(12)21)8-9-23-3/h4-7,10-11H,8-9H2,1-3H3. The maximum absolute atomic E-state index is 12.6. The molecule has 0 aliphatic heterocycles. The number of methoxy groups -OCH3 is 1. The third kappa shape index (κ3) is 2.66. The van der Waals surface area contributed by atoms with Crippen LogP contribution < -0.4 is 11.1 Å². The number of hydrogen-bond donors (Lipinski definition) is 0. The van der Waals surface area contributed by atoms with Crippen molar-refractivity contribution in [3.63, 3.8) is 0 Å². The zero-order valence-electron chi connectivity index (χ0n) is 13.4. The van der Waals surface area contributed by atoms with Crippen molar-refractivity contribution in [2.24, 2.45) is 0 Å². The topological polar surface area (TPSA) is 66.1 Å². The van der Waals surface area contributed by atoms with Crippen LogP contribution in [0.25, 0.3) is 21.8 Å². The molecule has 0 bridgehead atoms. The molecule has 0 radical (unpaired) electrons. The molecule has 0 aliphatic rings. The van der Waals surface area contributed by atoms with Crippen molar-refractivity contribution in [2.75, 3.05) is 13.7 Å². The summed E-state index contributed by atoms with van der Waals surface area (Å²) in [4.78, 5) is 29.6. The number of ether oxygens (including phenoxy) is 1. The van der Waals surface area contributed by atoms with Crippen LogP contribution in [-0.2, 0) is 11.3 Å². The van der Waals surface area contributed by atoms with Gasteiger partial charge in [0.25, 0.3) is 11.1 Å². The predicted molar refractivity (Wildman–Crippen MR) is 90.0 cm³/mol. The monoisotopic (exact) mass is 313 g/mol. The molecule has 0 unspecified atom stereocenters. The van der Waals surface area contributed by atoms with Crippen LogP contribution in [0.1, 0.15) is 19.9 Å². The Kier molecular flexibility index (Phi) is 4.00. The Balaban J connectivity index is 2.29. The van der Waals surface area contributed by atoms with Crippen LogP contribution in [0, 0.1) is 0 Å². The molecule has 3 aromatic rings. The van der Waals surface area contributed by atoms with Gasteiger partial charge in [-0.2, -0.15) is 0 Å². The van der Waals surface area contributed by atoms with E-state index in [0.29, 0.717) is 35.0 Å². The van der Waals surface area contributed by atoms with Gasteiger partial charge in [-0.3, -0.25) is 9.59 Å². The lowest BCUT2D eigenvalue weighted by Gasteiger charge is -2.11. The lowest BCUT2D eigenvalue weighted by molar-refractivity contribution is 0.186. The fourth-order valence-corrected chi connectivity index (χ4v) is 2.65. The van der Waals surface area contributed by atoms with E-state index < -0.39 is 0 Å². The van der Waals surface area contributed by atoms with Gasteiger partial charge in [0.05, 0.1) is 28.4 Å². The SMILES string of the molecule is COCCn1ccc2nc3ccn(C(C)C)c(=O)c3cc2c1=O. The van der Waals surface area contributed by atoms with Gasteiger partial charge in [0.15, 0.2) is 0 Å². The first kappa shape index (κ1) is 15.4. The molecule has 0 amide bonds. The van der Waals surface area contributed by atoms with Gasteiger partial charge in [0.1, 0.15) is 0 Å². The minimum absolute atomic E-state index is 0.0525. The van der Waals surface area contributed by atoms with Crippen molar-refractivity contribution < 1.29 is 4.74 Å².